The van der Waals surface area contributed by atoms with Gasteiger partial charge in [0.25, 0.3) is 0 Å². The second kappa shape index (κ2) is 10.8. The minimum absolute atomic E-state index is 0.0162. The van der Waals surface area contributed by atoms with Crippen molar-refractivity contribution < 1.29 is 33.0 Å². The molecule has 1 aromatic rings. The Morgan fingerprint density at radius 2 is 2.13 bits per heavy atom. The quantitative estimate of drug-likeness (QED) is 0.338. The molecule has 10 heteroatoms. The van der Waals surface area contributed by atoms with Gasteiger partial charge in [-0.3, -0.25) is 4.79 Å². The fourth-order valence-corrected chi connectivity index (χ4v) is 5.40. The number of allylic oxidation sites excluding steroid dienone is 1. The molecular weight excluding hydrogens is 439 g/mol. The molecule has 2 N–H and O–H groups in total. The van der Waals surface area contributed by atoms with Crippen molar-refractivity contribution in [2.24, 2.45) is 11.8 Å². The van der Waals surface area contributed by atoms with Crippen LogP contribution in [-0.2, 0) is 4.79 Å². The Balaban J connectivity index is 1.79. The van der Waals surface area contributed by atoms with Crippen LogP contribution in [0.4, 0.5) is 13.2 Å². The van der Waals surface area contributed by atoms with E-state index < -0.39 is 24.2 Å². The molecule has 0 saturated heterocycles. The molecule has 0 aromatic carbocycles. The first kappa shape index (κ1) is 24.9. The Labute approximate surface area is 181 Å². The summed E-state index contributed by atoms with van der Waals surface area (Å²) in [5.74, 6) is -0.323. The topological polar surface area (TPSA) is 87.5 Å². The van der Waals surface area contributed by atoms with Gasteiger partial charge in [-0.1, -0.05) is 23.9 Å². The zero-order valence-corrected chi connectivity index (χ0v) is 18.3. The van der Waals surface area contributed by atoms with Gasteiger partial charge in [-0.2, -0.15) is 13.2 Å². The maximum atomic E-state index is 12.3. The van der Waals surface area contributed by atoms with Gasteiger partial charge < -0.3 is 10.2 Å². The number of ketones is 1. The molecule has 2 rings (SSSR count). The molecule has 0 amide bonds. The Kier molecular flexibility index (Phi) is 8.93. The number of carbonyl (C=O) groups is 2. The number of hydrogen-bond donors (Lipinski definition) is 2. The highest BCUT2D eigenvalue weighted by Gasteiger charge is 2.33. The van der Waals surface area contributed by atoms with Crippen LogP contribution in [0.5, 0.6) is 0 Å². The van der Waals surface area contributed by atoms with Gasteiger partial charge in [0, 0.05) is 29.9 Å². The highest BCUT2D eigenvalue weighted by Crippen LogP contribution is 2.35. The van der Waals surface area contributed by atoms with Gasteiger partial charge in [0.1, 0.15) is 5.78 Å². The smallest absolute Gasteiger partial charge is 0.389 e. The van der Waals surface area contributed by atoms with Crippen LogP contribution in [-0.4, -0.2) is 44.5 Å². The van der Waals surface area contributed by atoms with Crippen molar-refractivity contribution >= 4 is 34.9 Å². The van der Waals surface area contributed by atoms with E-state index in [1.807, 2.05) is 6.08 Å². The average Bonchev–Trinajstić information content (AvgIpc) is 3.22. The standard InChI is InChI=1S/C20H26F3NO4S2/c1-19(28,9-3-10-20(21,22)23)8-2-4-13-5-6-16(25)14(13)7-11-29-18-24-15(12-30-18)17(26)27/h2,4,12-14,28H,3,5-11H2,1H3,(H,26,27)/b4-2+/t13-,14?,19-/m0/s1. The first-order valence-corrected chi connectivity index (χ1v) is 11.6. The van der Waals surface area contributed by atoms with Crippen LogP contribution < -0.4 is 0 Å². The summed E-state index contributed by atoms with van der Waals surface area (Å²) in [5, 5.41) is 20.7. The number of carboxylic acid groups (broad SMARTS) is 1. The highest BCUT2D eigenvalue weighted by molar-refractivity contribution is 8.01. The maximum Gasteiger partial charge on any atom is 0.389 e. The molecule has 1 aliphatic carbocycles. The normalized spacial score (nSPS) is 22.0. The van der Waals surface area contributed by atoms with Crippen molar-refractivity contribution in [1.29, 1.82) is 0 Å². The van der Waals surface area contributed by atoms with Crippen molar-refractivity contribution in [3.8, 4) is 0 Å². The molecule has 1 aliphatic rings. The van der Waals surface area contributed by atoms with E-state index >= 15 is 0 Å². The van der Waals surface area contributed by atoms with Gasteiger partial charge >= 0.3 is 12.1 Å². The van der Waals surface area contributed by atoms with Gasteiger partial charge in [-0.05, 0) is 44.9 Å². The van der Waals surface area contributed by atoms with E-state index in [1.165, 1.54) is 35.4 Å². The Morgan fingerprint density at radius 1 is 1.40 bits per heavy atom. The number of aromatic nitrogens is 1. The number of alkyl halides is 3. The highest BCUT2D eigenvalue weighted by atomic mass is 32.2. The number of carbonyl (C=O) groups excluding carboxylic acids is 1. The largest absolute Gasteiger partial charge is 0.476 e. The molecule has 1 aromatic heterocycles. The molecule has 1 saturated carbocycles. The molecule has 1 fully saturated rings. The van der Waals surface area contributed by atoms with E-state index in [0.29, 0.717) is 22.9 Å². The number of thioether (sulfide) groups is 1. The Hall–Kier alpha value is -1.39. The summed E-state index contributed by atoms with van der Waals surface area (Å²) < 4.78 is 37.4. The first-order chi connectivity index (χ1) is 14.0. The molecule has 1 unspecified atom stereocenters. The molecule has 1 heterocycles. The SMILES string of the molecule is C[C@](O)(C/C=C/[C@H]1CCC(=O)C1CCSc1nc(C(=O)O)cs1)CCCC(F)(F)F. The lowest BCUT2D eigenvalue weighted by atomic mass is 9.90. The minimum Gasteiger partial charge on any atom is -0.476 e. The van der Waals surface area contributed by atoms with Crippen LogP contribution in [0.1, 0.15) is 62.4 Å². The number of halogens is 3. The fourth-order valence-electron chi connectivity index (χ4n) is 3.50. The van der Waals surface area contributed by atoms with E-state index in [4.69, 9.17) is 5.11 Å². The van der Waals surface area contributed by atoms with Crippen LogP contribution in [0, 0.1) is 11.8 Å². The number of thiazole rings is 1. The van der Waals surface area contributed by atoms with Crippen molar-refractivity contribution in [1.82, 2.24) is 4.98 Å². The van der Waals surface area contributed by atoms with E-state index in [2.05, 4.69) is 4.98 Å². The number of carboxylic acids is 1. The van der Waals surface area contributed by atoms with Gasteiger partial charge in [-0.25, -0.2) is 9.78 Å². The first-order valence-electron chi connectivity index (χ1n) is 9.77. The van der Waals surface area contributed by atoms with Crippen molar-refractivity contribution in [2.75, 3.05) is 5.75 Å². The van der Waals surface area contributed by atoms with Crippen molar-refractivity contribution in [3.63, 3.8) is 0 Å². The third-order valence-corrected chi connectivity index (χ3v) is 7.18. The number of nitrogens with zero attached hydrogens (tertiary/aromatic N) is 1. The summed E-state index contributed by atoms with van der Waals surface area (Å²) >= 11 is 2.68. The Morgan fingerprint density at radius 3 is 2.77 bits per heavy atom. The summed E-state index contributed by atoms with van der Waals surface area (Å²) in [6, 6.07) is 0. The summed E-state index contributed by atoms with van der Waals surface area (Å²) in [7, 11) is 0. The van der Waals surface area contributed by atoms with Crippen LogP contribution in [0.2, 0.25) is 0 Å². The number of aromatic carboxylic acids is 1. The lowest BCUT2D eigenvalue weighted by molar-refractivity contribution is -0.137. The monoisotopic (exact) mass is 465 g/mol. The van der Waals surface area contributed by atoms with E-state index in [-0.39, 0.29) is 42.6 Å². The van der Waals surface area contributed by atoms with Gasteiger partial charge in [0.05, 0.1) is 5.60 Å². The lowest BCUT2D eigenvalue weighted by Crippen LogP contribution is -2.24. The number of aliphatic hydroxyl groups is 1. The summed E-state index contributed by atoms with van der Waals surface area (Å²) in [5.41, 5.74) is -1.19. The molecule has 3 atom stereocenters. The molecule has 0 radical (unpaired) electrons. The van der Waals surface area contributed by atoms with Gasteiger partial charge in [-0.15, -0.1) is 11.3 Å². The Bertz CT molecular complexity index is 761. The number of hydrogen-bond acceptors (Lipinski definition) is 6. The van der Waals surface area contributed by atoms with Crippen LogP contribution in [0.3, 0.4) is 0 Å². The minimum atomic E-state index is -4.21. The lowest BCUT2D eigenvalue weighted by Gasteiger charge is -2.22. The molecule has 0 bridgehead atoms. The van der Waals surface area contributed by atoms with Crippen molar-refractivity contribution in [2.45, 2.75) is 68.0 Å². The van der Waals surface area contributed by atoms with E-state index in [1.54, 1.807) is 6.08 Å². The summed E-state index contributed by atoms with van der Waals surface area (Å²) in [6.07, 6.45) is 0.608. The van der Waals surface area contributed by atoms with Crippen LogP contribution in [0.25, 0.3) is 0 Å². The summed E-state index contributed by atoms with van der Waals surface area (Å²) in [6.45, 7) is 1.53. The third kappa shape index (κ3) is 8.39. The van der Waals surface area contributed by atoms with E-state index in [0.717, 1.165) is 6.42 Å². The third-order valence-electron chi connectivity index (χ3n) is 5.13. The summed E-state index contributed by atoms with van der Waals surface area (Å²) in [4.78, 5) is 27.1. The predicted octanol–water partition coefficient (Wildman–Crippen LogP) is 5.35. The molecule has 5 nitrogen and oxygen atoms in total. The number of rotatable bonds is 11. The molecular formula is C20H26F3NO4S2. The van der Waals surface area contributed by atoms with Gasteiger partial charge in [0.15, 0.2) is 10.0 Å². The van der Waals surface area contributed by atoms with Crippen molar-refractivity contribution in [3.05, 3.63) is 23.2 Å². The molecule has 0 aliphatic heterocycles. The zero-order chi connectivity index (χ0) is 22.4. The zero-order valence-electron chi connectivity index (χ0n) is 16.7. The number of Topliss-reactive ketones (excluding diaryl/α,β-unsaturated/α-hetero) is 1. The average molecular weight is 466 g/mol. The van der Waals surface area contributed by atoms with Gasteiger partial charge in [0.2, 0.25) is 0 Å². The predicted molar refractivity (Wildman–Crippen MR) is 110 cm³/mol. The fraction of sp³-hybridized carbons (Fsp3) is 0.650. The van der Waals surface area contributed by atoms with Crippen LogP contribution in [0.15, 0.2) is 21.9 Å². The second-order valence-corrected chi connectivity index (χ2v) is 10.0. The molecule has 30 heavy (non-hydrogen) atoms. The molecule has 168 valence electrons. The maximum absolute atomic E-state index is 12.3. The second-order valence-electron chi connectivity index (χ2n) is 7.81. The molecule has 0 spiro atoms. The van der Waals surface area contributed by atoms with E-state index in [9.17, 15) is 27.9 Å². The van der Waals surface area contributed by atoms with Crippen LogP contribution >= 0.6 is 23.1 Å².